The Morgan fingerprint density at radius 2 is 2.36 bits per heavy atom. The zero-order valence-electron chi connectivity index (χ0n) is 7.40. The van der Waals surface area contributed by atoms with Crippen LogP contribution < -0.4 is 4.31 Å². The van der Waals surface area contributed by atoms with Crippen LogP contribution in [0.15, 0.2) is 29.7 Å². The second-order valence-electron chi connectivity index (χ2n) is 2.57. The number of anilines is 1. The lowest BCUT2D eigenvalue weighted by Gasteiger charge is -2.27. The van der Waals surface area contributed by atoms with E-state index >= 15 is 0 Å². The molecule has 0 bridgehead atoms. The fraction of sp³-hybridized carbons (Fsp3) is 0.143. The van der Waals surface area contributed by atoms with Gasteiger partial charge in [0.1, 0.15) is 6.34 Å². The van der Waals surface area contributed by atoms with E-state index in [0.717, 1.165) is 8.28 Å². The van der Waals surface area contributed by atoms with Crippen molar-refractivity contribution in [2.75, 3.05) is 4.31 Å². The third-order valence-corrected chi connectivity index (χ3v) is 3.23. The van der Waals surface area contributed by atoms with E-state index < -0.39 is 10.2 Å². The molecule has 6 nitrogen and oxygen atoms in total. The molecule has 0 saturated carbocycles. The van der Waals surface area contributed by atoms with Gasteiger partial charge in [-0.05, 0) is 6.92 Å². The number of rotatable bonds is 2. The maximum absolute atomic E-state index is 11.4. The quantitative estimate of drug-likeness (QED) is 0.525. The summed E-state index contributed by atoms with van der Waals surface area (Å²) in [5.41, 5.74) is 0. The van der Waals surface area contributed by atoms with Crippen LogP contribution in [-0.2, 0) is 10.2 Å². The number of nitrogens with zero attached hydrogens (tertiary/aromatic N) is 4. The summed E-state index contributed by atoms with van der Waals surface area (Å²) in [5.74, 6) is 0.359. The molecule has 0 atom stereocenters. The first kappa shape index (κ1) is 8.95. The summed E-state index contributed by atoms with van der Waals surface area (Å²) in [6.07, 6.45) is 7.25. The van der Waals surface area contributed by atoms with Gasteiger partial charge in [0.15, 0.2) is 0 Å². The van der Waals surface area contributed by atoms with Crippen LogP contribution in [0.25, 0.3) is 0 Å². The van der Waals surface area contributed by atoms with Gasteiger partial charge < -0.3 is 0 Å². The van der Waals surface area contributed by atoms with Crippen molar-refractivity contribution in [3.05, 3.63) is 24.7 Å². The van der Waals surface area contributed by atoms with E-state index in [9.17, 15) is 8.42 Å². The summed E-state index contributed by atoms with van der Waals surface area (Å²) < 4.78 is 25.0. The highest BCUT2D eigenvalue weighted by Gasteiger charge is 2.39. The molecule has 0 spiro atoms. The van der Waals surface area contributed by atoms with Gasteiger partial charge in [-0.25, -0.2) is 9.98 Å². The molecule has 2 rings (SSSR count). The summed E-state index contributed by atoms with van der Waals surface area (Å²) in [6, 6.07) is 0. The van der Waals surface area contributed by atoms with Crippen molar-refractivity contribution in [1.82, 2.24) is 8.96 Å². The largest absolute Gasteiger partial charge is 0.340 e. The molecule has 14 heavy (non-hydrogen) atoms. The van der Waals surface area contributed by atoms with Crippen molar-refractivity contribution < 1.29 is 8.42 Å². The molecule has 0 aromatic carbocycles. The molecule has 1 aromatic heterocycles. The SMILES string of the molecule is C/C=C\N=CN1c2nccn2S1(=O)=O. The fourth-order valence-corrected chi connectivity index (χ4v) is 2.22. The molecule has 1 aliphatic heterocycles. The molecular weight excluding hydrogens is 204 g/mol. The van der Waals surface area contributed by atoms with Gasteiger partial charge in [0.05, 0.1) is 0 Å². The van der Waals surface area contributed by atoms with E-state index in [1.54, 1.807) is 13.0 Å². The van der Waals surface area contributed by atoms with E-state index in [1.807, 2.05) is 0 Å². The van der Waals surface area contributed by atoms with Crippen LogP contribution in [0, 0.1) is 0 Å². The van der Waals surface area contributed by atoms with Gasteiger partial charge in [-0.1, -0.05) is 6.08 Å². The minimum absolute atomic E-state index is 0.359. The number of allylic oxidation sites excluding steroid dienone is 1. The number of aromatic nitrogens is 2. The van der Waals surface area contributed by atoms with Gasteiger partial charge in [-0.3, -0.25) is 0 Å². The normalized spacial score (nSPS) is 18.8. The van der Waals surface area contributed by atoms with E-state index in [4.69, 9.17) is 0 Å². The minimum atomic E-state index is -3.41. The average Bonchev–Trinajstić information content (AvgIpc) is 2.58. The van der Waals surface area contributed by atoms with Gasteiger partial charge in [-0.15, -0.1) is 0 Å². The molecule has 0 radical (unpaired) electrons. The van der Waals surface area contributed by atoms with Crippen molar-refractivity contribution >= 4 is 22.5 Å². The second kappa shape index (κ2) is 2.95. The highest BCUT2D eigenvalue weighted by atomic mass is 32.2. The van der Waals surface area contributed by atoms with E-state index in [1.165, 1.54) is 24.9 Å². The lowest BCUT2D eigenvalue weighted by Crippen LogP contribution is -2.45. The molecule has 0 saturated heterocycles. The van der Waals surface area contributed by atoms with Crippen LogP contribution in [0.5, 0.6) is 0 Å². The molecular formula is C7H8N4O2S. The van der Waals surface area contributed by atoms with Crippen LogP contribution >= 0.6 is 0 Å². The molecule has 0 aliphatic carbocycles. The monoisotopic (exact) mass is 212 g/mol. The maximum Gasteiger partial charge on any atom is 0.340 e. The molecule has 7 heteroatoms. The van der Waals surface area contributed by atoms with Crippen molar-refractivity contribution in [2.24, 2.45) is 4.99 Å². The predicted molar refractivity (Wildman–Crippen MR) is 52.3 cm³/mol. The van der Waals surface area contributed by atoms with Crippen LogP contribution in [0.3, 0.4) is 0 Å². The smallest absolute Gasteiger partial charge is 0.246 e. The molecule has 0 unspecified atom stereocenters. The highest BCUT2D eigenvalue weighted by Crippen LogP contribution is 2.27. The molecule has 1 aromatic rings. The topological polar surface area (TPSA) is 67.6 Å². The standard InChI is InChI=1S/C7H8N4O2S/c1-2-3-8-6-11-7-9-4-5-10(7)14(11,12)13/h2-6H,1H3/b3-2-,8-6?. The molecule has 0 amide bonds. The highest BCUT2D eigenvalue weighted by molar-refractivity contribution is 7.93. The van der Waals surface area contributed by atoms with Gasteiger partial charge in [0, 0.05) is 18.6 Å². The van der Waals surface area contributed by atoms with Crippen LogP contribution in [0.1, 0.15) is 6.92 Å². The first-order chi connectivity index (χ1) is 6.68. The zero-order chi connectivity index (χ0) is 10.2. The predicted octanol–water partition coefficient (Wildman–Crippen LogP) is 0.358. The summed E-state index contributed by atoms with van der Waals surface area (Å²) in [4.78, 5) is 7.63. The van der Waals surface area contributed by atoms with Gasteiger partial charge in [0.2, 0.25) is 5.95 Å². The Balaban J connectivity index is 2.34. The molecule has 0 fully saturated rings. The first-order valence-corrected chi connectivity index (χ1v) is 5.30. The molecule has 0 N–H and O–H groups in total. The van der Waals surface area contributed by atoms with Crippen molar-refractivity contribution in [2.45, 2.75) is 6.92 Å². The summed E-state index contributed by atoms with van der Waals surface area (Å²) in [5, 5.41) is 0. The third kappa shape index (κ3) is 1.06. The summed E-state index contributed by atoms with van der Waals surface area (Å²) >= 11 is 0. The number of hydrogen-bond acceptors (Lipinski definition) is 4. The molecule has 74 valence electrons. The van der Waals surface area contributed by atoms with Gasteiger partial charge in [-0.2, -0.15) is 16.7 Å². The van der Waals surface area contributed by atoms with E-state index in [-0.39, 0.29) is 0 Å². The Labute approximate surface area is 81.4 Å². The first-order valence-electron chi connectivity index (χ1n) is 3.90. The Kier molecular flexibility index (Phi) is 1.88. The average molecular weight is 212 g/mol. The van der Waals surface area contributed by atoms with Crippen LogP contribution in [0.2, 0.25) is 0 Å². The minimum Gasteiger partial charge on any atom is -0.246 e. The number of aliphatic imine (C=N–C) groups is 1. The van der Waals surface area contributed by atoms with Gasteiger partial charge >= 0.3 is 10.2 Å². The maximum atomic E-state index is 11.4. The van der Waals surface area contributed by atoms with Crippen LogP contribution in [-0.4, -0.2) is 23.7 Å². The Bertz CT molecular complexity index is 500. The number of fused-ring (bicyclic) bond motifs is 1. The lowest BCUT2D eigenvalue weighted by atomic mass is 10.7. The fourth-order valence-electron chi connectivity index (χ4n) is 1.08. The van der Waals surface area contributed by atoms with Crippen molar-refractivity contribution in [3.8, 4) is 0 Å². The van der Waals surface area contributed by atoms with E-state index in [0.29, 0.717) is 5.95 Å². The molecule has 2 heterocycles. The Morgan fingerprint density at radius 3 is 3.07 bits per heavy atom. The van der Waals surface area contributed by atoms with Gasteiger partial charge in [0.25, 0.3) is 0 Å². The number of hydrogen-bond donors (Lipinski definition) is 0. The van der Waals surface area contributed by atoms with E-state index in [2.05, 4.69) is 9.98 Å². The zero-order valence-corrected chi connectivity index (χ0v) is 8.22. The summed E-state index contributed by atoms with van der Waals surface area (Å²) in [7, 11) is -3.41. The summed E-state index contributed by atoms with van der Waals surface area (Å²) in [6.45, 7) is 1.79. The Morgan fingerprint density at radius 1 is 1.57 bits per heavy atom. The lowest BCUT2D eigenvalue weighted by molar-refractivity contribution is 0.579. The third-order valence-electron chi connectivity index (χ3n) is 1.69. The second-order valence-corrected chi connectivity index (χ2v) is 4.26. The molecule has 1 aliphatic rings. The number of imidazole rings is 1. The Hall–Kier alpha value is -1.63. The van der Waals surface area contributed by atoms with Crippen molar-refractivity contribution in [1.29, 1.82) is 0 Å². The van der Waals surface area contributed by atoms with Crippen molar-refractivity contribution in [3.63, 3.8) is 0 Å². The van der Waals surface area contributed by atoms with Crippen LogP contribution in [0.4, 0.5) is 5.95 Å².